The van der Waals surface area contributed by atoms with Crippen LogP contribution in [-0.2, 0) is 15.4 Å². The van der Waals surface area contributed by atoms with Gasteiger partial charge in [0.15, 0.2) is 0 Å². The van der Waals surface area contributed by atoms with E-state index in [1.807, 2.05) is 19.1 Å². The van der Waals surface area contributed by atoms with E-state index in [4.69, 9.17) is 0 Å². The van der Waals surface area contributed by atoms with Crippen LogP contribution in [0.25, 0.3) is 10.9 Å². The van der Waals surface area contributed by atoms with Gasteiger partial charge in [0.05, 0.1) is 16.0 Å². The molecule has 1 heterocycles. The summed E-state index contributed by atoms with van der Waals surface area (Å²) in [4.78, 5) is 0.208. The molecule has 0 aliphatic heterocycles. The first-order chi connectivity index (χ1) is 11.6. The van der Waals surface area contributed by atoms with E-state index in [2.05, 4.69) is 26.8 Å². The second-order valence-corrected chi connectivity index (χ2v) is 9.07. The van der Waals surface area contributed by atoms with Gasteiger partial charge in [-0.15, -0.1) is 0 Å². The molecule has 1 aromatic heterocycles. The minimum atomic E-state index is -3.75. The summed E-state index contributed by atoms with van der Waals surface area (Å²) in [5, 5.41) is 10.1. The van der Waals surface area contributed by atoms with Crippen LogP contribution in [0.5, 0.6) is 0 Å². The first kappa shape index (κ1) is 17.2. The van der Waals surface area contributed by atoms with Crippen LogP contribution in [0.3, 0.4) is 0 Å². The molecule has 0 radical (unpaired) electrons. The van der Waals surface area contributed by atoms with Crippen LogP contribution in [0, 0.1) is 18.3 Å². The van der Waals surface area contributed by atoms with Crippen molar-refractivity contribution in [1.29, 1.82) is 5.26 Å². The lowest BCUT2D eigenvalue weighted by molar-refractivity contribution is 0.589. The van der Waals surface area contributed by atoms with Gasteiger partial charge in [-0.1, -0.05) is 44.5 Å². The molecular formula is C20H20N2O2S. The lowest BCUT2D eigenvalue weighted by Gasteiger charge is -2.19. The molecule has 4 nitrogen and oxygen atoms in total. The van der Waals surface area contributed by atoms with Crippen molar-refractivity contribution >= 4 is 20.9 Å². The third-order valence-corrected chi connectivity index (χ3v) is 6.02. The average molecular weight is 352 g/mol. The zero-order chi connectivity index (χ0) is 18.4. The molecule has 0 aliphatic carbocycles. The van der Waals surface area contributed by atoms with Crippen molar-refractivity contribution in [3.05, 3.63) is 65.4 Å². The fourth-order valence-corrected chi connectivity index (χ4v) is 4.15. The van der Waals surface area contributed by atoms with Gasteiger partial charge >= 0.3 is 0 Å². The fourth-order valence-electron chi connectivity index (χ4n) is 2.78. The van der Waals surface area contributed by atoms with Crippen LogP contribution in [-0.4, -0.2) is 12.4 Å². The normalized spacial score (nSPS) is 12.3. The first-order valence-corrected chi connectivity index (χ1v) is 9.46. The summed E-state index contributed by atoms with van der Waals surface area (Å²) in [6.07, 6.45) is 1.41. The number of rotatable bonds is 2. The molecule has 3 aromatic rings. The molecule has 2 aromatic carbocycles. The predicted molar refractivity (Wildman–Crippen MR) is 99.1 cm³/mol. The molecule has 3 rings (SSSR count). The van der Waals surface area contributed by atoms with Crippen LogP contribution >= 0.6 is 0 Å². The van der Waals surface area contributed by atoms with E-state index in [1.165, 1.54) is 10.2 Å². The largest absolute Gasteiger partial charge is 0.268 e. The van der Waals surface area contributed by atoms with Gasteiger partial charge in [-0.05, 0) is 42.2 Å². The molecule has 0 N–H and O–H groups in total. The number of hydrogen-bond acceptors (Lipinski definition) is 3. The van der Waals surface area contributed by atoms with Gasteiger partial charge in [0.25, 0.3) is 10.0 Å². The number of benzene rings is 2. The first-order valence-electron chi connectivity index (χ1n) is 8.02. The van der Waals surface area contributed by atoms with Gasteiger partial charge in [0.1, 0.15) is 6.07 Å². The molecule has 0 aliphatic rings. The minimum absolute atomic E-state index is 0.0845. The Hall–Kier alpha value is -2.58. The molecular weight excluding hydrogens is 332 g/mol. The summed E-state index contributed by atoms with van der Waals surface area (Å²) in [7, 11) is -3.75. The van der Waals surface area contributed by atoms with E-state index in [-0.39, 0.29) is 10.3 Å². The van der Waals surface area contributed by atoms with Gasteiger partial charge in [-0.3, -0.25) is 0 Å². The number of fused-ring (bicyclic) bond motifs is 1. The van der Waals surface area contributed by atoms with Gasteiger partial charge in [-0.25, -0.2) is 12.4 Å². The summed E-state index contributed by atoms with van der Waals surface area (Å²) >= 11 is 0. The second-order valence-electron chi connectivity index (χ2n) is 7.25. The molecule has 0 spiro atoms. The number of hydrogen-bond donors (Lipinski definition) is 0. The summed E-state index contributed by atoms with van der Waals surface area (Å²) in [5.74, 6) is 0. The van der Waals surface area contributed by atoms with E-state index in [0.29, 0.717) is 16.5 Å². The van der Waals surface area contributed by atoms with Crippen LogP contribution in [0.15, 0.2) is 53.6 Å². The highest BCUT2D eigenvalue weighted by Crippen LogP contribution is 2.30. The number of aryl methyl sites for hydroxylation is 1. The van der Waals surface area contributed by atoms with E-state index in [0.717, 1.165) is 11.1 Å². The van der Waals surface area contributed by atoms with Crippen molar-refractivity contribution in [2.75, 3.05) is 0 Å². The number of nitriles is 1. The smallest absolute Gasteiger partial charge is 0.240 e. The third kappa shape index (κ3) is 2.94. The standard InChI is InChI=1S/C20H20N2O2S/c1-14-5-8-17(9-6-14)25(23,24)22-13-15(12-21)18-11-16(20(2,3)4)7-10-19(18)22/h5-11,13H,1-4H3. The fraction of sp³-hybridized carbons (Fsp3) is 0.250. The SMILES string of the molecule is Cc1ccc(S(=O)(=O)n2cc(C#N)c3cc(C(C)(C)C)ccc32)cc1. The molecule has 0 unspecified atom stereocenters. The van der Waals surface area contributed by atoms with Crippen LogP contribution in [0.2, 0.25) is 0 Å². The summed E-state index contributed by atoms with van der Waals surface area (Å²) in [6, 6.07) is 14.4. The third-order valence-electron chi connectivity index (χ3n) is 4.33. The average Bonchev–Trinajstić information content (AvgIpc) is 2.93. The quantitative estimate of drug-likeness (QED) is 0.688. The van der Waals surface area contributed by atoms with Gasteiger partial charge < -0.3 is 0 Å². The molecule has 0 atom stereocenters. The van der Waals surface area contributed by atoms with Gasteiger partial charge in [0.2, 0.25) is 0 Å². The Bertz CT molecular complexity index is 1090. The Balaban J connectivity index is 2.27. The van der Waals surface area contributed by atoms with E-state index in [1.54, 1.807) is 30.3 Å². The highest BCUT2D eigenvalue weighted by atomic mass is 32.2. The van der Waals surface area contributed by atoms with Crippen molar-refractivity contribution in [3.8, 4) is 6.07 Å². The van der Waals surface area contributed by atoms with Crippen LogP contribution in [0.1, 0.15) is 37.5 Å². The molecule has 0 amide bonds. The Morgan fingerprint density at radius 3 is 2.24 bits per heavy atom. The Morgan fingerprint density at radius 1 is 1.04 bits per heavy atom. The van der Waals surface area contributed by atoms with Crippen molar-refractivity contribution in [3.63, 3.8) is 0 Å². The zero-order valence-electron chi connectivity index (χ0n) is 14.7. The van der Waals surface area contributed by atoms with Crippen LogP contribution < -0.4 is 0 Å². The Morgan fingerprint density at radius 2 is 1.68 bits per heavy atom. The molecule has 5 heteroatoms. The summed E-state index contributed by atoms with van der Waals surface area (Å²) in [5.41, 5.74) is 2.84. The molecule has 128 valence electrons. The maximum absolute atomic E-state index is 13.0. The van der Waals surface area contributed by atoms with Crippen molar-refractivity contribution in [2.24, 2.45) is 0 Å². The Kier molecular flexibility index (Phi) is 3.97. The monoisotopic (exact) mass is 352 g/mol. The Labute approximate surface area is 148 Å². The number of aromatic nitrogens is 1. The van der Waals surface area contributed by atoms with Crippen molar-refractivity contribution < 1.29 is 8.42 Å². The van der Waals surface area contributed by atoms with E-state index >= 15 is 0 Å². The molecule has 0 saturated carbocycles. The van der Waals surface area contributed by atoms with Crippen molar-refractivity contribution in [1.82, 2.24) is 3.97 Å². The van der Waals surface area contributed by atoms with Crippen molar-refractivity contribution in [2.45, 2.75) is 38.0 Å². The summed E-state index contributed by atoms with van der Waals surface area (Å²) in [6.45, 7) is 8.16. The van der Waals surface area contributed by atoms with Crippen LogP contribution in [0.4, 0.5) is 0 Å². The predicted octanol–water partition coefficient (Wildman–Crippen LogP) is 4.36. The highest BCUT2D eigenvalue weighted by molar-refractivity contribution is 7.90. The maximum Gasteiger partial charge on any atom is 0.268 e. The number of nitrogens with zero attached hydrogens (tertiary/aromatic N) is 2. The minimum Gasteiger partial charge on any atom is -0.240 e. The summed E-state index contributed by atoms with van der Waals surface area (Å²) < 4.78 is 27.3. The maximum atomic E-state index is 13.0. The van der Waals surface area contributed by atoms with E-state index < -0.39 is 10.0 Å². The second kappa shape index (κ2) is 5.75. The lowest BCUT2D eigenvalue weighted by atomic mass is 9.86. The van der Waals surface area contributed by atoms with Gasteiger partial charge in [0, 0.05) is 11.6 Å². The van der Waals surface area contributed by atoms with Gasteiger partial charge in [-0.2, -0.15) is 5.26 Å². The van der Waals surface area contributed by atoms with E-state index in [9.17, 15) is 13.7 Å². The topological polar surface area (TPSA) is 62.9 Å². The molecule has 0 bridgehead atoms. The highest BCUT2D eigenvalue weighted by Gasteiger charge is 2.23. The zero-order valence-corrected chi connectivity index (χ0v) is 15.6. The molecule has 25 heavy (non-hydrogen) atoms. The lowest BCUT2D eigenvalue weighted by Crippen LogP contribution is -2.13. The molecule has 0 saturated heterocycles. The molecule has 0 fully saturated rings.